The standard InChI is InChI=1S/C19H23N3O2/c1-22(18(13-24-2)17-8-3-4-11-20-17)19(23)21-16-10-9-14-6-5-7-15(14)12-16/h3-4,8-12,18H,5-7,13H2,1-2H3,(H,21,23)/t18-/m1/s1. The molecule has 5 nitrogen and oxygen atoms in total. The third-order valence-electron chi connectivity index (χ3n) is 4.49. The quantitative estimate of drug-likeness (QED) is 0.916. The number of carbonyl (C=O) groups is 1. The molecule has 0 radical (unpaired) electrons. The van der Waals surface area contributed by atoms with Gasteiger partial charge in [-0.1, -0.05) is 12.1 Å². The zero-order valence-electron chi connectivity index (χ0n) is 14.2. The van der Waals surface area contributed by atoms with Gasteiger partial charge in [0.1, 0.15) is 0 Å². The second-order valence-electron chi connectivity index (χ2n) is 6.10. The zero-order valence-corrected chi connectivity index (χ0v) is 14.2. The Hall–Kier alpha value is -2.40. The highest BCUT2D eigenvalue weighted by atomic mass is 16.5. The summed E-state index contributed by atoms with van der Waals surface area (Å²) in [5, 5.41) is 2.98. The molecule has 1 aromatic carbocycles. The van der Waals surface area contributed by atoms with Crippen LogP contribution in [0.5, 0.6) is 0 Å². The number of hydrogen-bond acceptors (Lipinski definition) is 3. The van der Waals surface area contributed by atoms with Gasteiger partial charge in [0.2, 0.25) is 0 Å². The molecule has 2 amide bonds. The number of urea groups is 1. The molecule has 0 fully saturated rings. The number of rotatable bonds is 5. The van der Waals surface area contributed by atoms with E-state index < -0.39 is 0 Å². The lowest BCUT2D eigenvalue weighted by molar-refractivity contribution is 0.119. The van der Waals surface area contributed by atoms with Crippen LogP contribution < -0.4 is 5.32 Å². The maximum absolute atomic E-state index is 12.6. The summed E-state index contributed by atoms with van der Waals surface area (Å²) >= 11 is 0. The van der Waals surface area contributed by atoms with Gasteiger partial charge in [0.15, 0.2) is 0 Å². The lowest BCUT2D eigenvalue weighted by Crippen LogP contribution is -2.37. The molecule has 2 aromatic rings. The van der Waals surface area contributed by atoms with Crippen LogP contribution in [0, 0.1) is 0 Å². The lowest BCUT2D eigenvalue weighted by Gasteiger charge is -2.27. The SMILES string of the molecule is COC[C@H](c1ccccn1)N(C)C(=O)Nc1ccc2c(c1)CCC2. The minimum absolute atomic E-state index is 0.166. The number of nitrogens with zero attached hydrogens (tertiary/aromatic N) is 2. The highest BCUT2D eigenvalue weighted by molar-refractivity contribution is 5.89. The molecular formula is C19H23N3O2. The number of pyridine rings is 1. The average Bonchev–Trinajstić information content (AvgIpc) is 3.07. The van der Waals surface area contributed by atoms with Gasteiger partial charge < -0.3 is 15.0 Å². The van der Waals surface area contributed by atoms with Crippen LogP contribution >= 0.6 is 0 Å². The summed E-state index contributed by atoms with van der Waals surface area (Å²) in [4.78, 5) is 18.6. The van der Waals surface area contributed by atoms with Crippen LogP contribution in [-0.2, 0) is 17.6 Å². The Labute approximate surface area is 142 Å². The molecule has 126 valence electrons. The molecule has 1 aliphatic rings. The molecule has 1 aromatic heterocycles. The molecule has 1 aliphatic carbocycles. The number of nitrogens with one attached hydrogen (secondary N) is 1. The third-order valence-corrected chi connectivity index (χ3v) is 4.49. The van der Waals surface area contributed by atoms with Crippen molar-refractivity contribution >= 4 is 11.7 Å². The monoisotopic (exact) mass is 325 g/mol. The predicted molar refractivity (Wildman–Crippen MR) is 94.1 cm³/mol. The molecule has 0 spiro atoms. The van der Waals surface area contributed by atoms with Crippen molar-refractivity contribution in [3.05, 3.63) is 59.4 Å². The number of fused-ring (bicyclic) bond motifs is 1. The van der Waals surface area contributed by atoms with Gasteiger partial charge in [-0.3, -0.25) is 4.98 Å². The topological polar surface area (TPSA) is 54.5 Å². The van der Waals surface area contributed by atoms with E-state index in [0.29, 0.717) is 6.61 Å². The molecule has 0 bridgehead atoms. The Kier molecular flexibility index (Phi) is 5.11. The molecule has 0 unspecified atom stereocenters. The molecule has 3 rings (SSSR count). The summed E-state index contributed by atoms with van der Waals surface area (Å²) in [5.74, 6) is 0. The van der Waals surface area contributed by atoms with Gasteiger partial charge in [0, 0.05) is 26.0 Å². The number of likely N-dealkylation sites (N-methyl/N-ethyl adjacent to an activating group) is 1. The van der Waals surface area contributed by atoms with E-state index in [0.717, 1.165) is 24.2 Å². The smallest absolute Gasteiger partial charge is 0.322 e. The number of ether oxygens (including phenoxy) is 1. The Bertz CT molecular complexity index is 703. The first-order valence-corrected chi connectivity index (χ1v) is 8.24. The fourth-order valence-electron chi connectivity index (χ4n) is 3.13. The van der Waals surface area contributed by atoms with Crippen molar-refractivity contribution in [3.63, 3.8) is 0 Å². The van der Waals surface area contributed by atoms with Gasteiger partial charge in [-0.05, 0) is 54.7 Å². The van der Waals surface area contributed by atoms with E-state index in [1.165, 1.54) is 17.5 Å². The van der Waals surface area contributed by atoms with Crippen molar-refractivity contribution in [1.82, 2.24) is 9.88 Å². The van der Waals surface area contributed by atoms with Crippen molar-refractivity contribution in [3.8, 4) is 0 Å². The van der Waals surface area contributed by atoms with Crippen LogP contribution in [0.1, 0.15) is 29.3 Å². The lowest BCUT2D eigenvalue weighted by atomic mass is 10.1. The fraction of sp³-hybridized carbons (Fsp3) is 0.368. The summed E-state index contributed by atoms with van der Waals surface area (Å²) in [6.45, 7) is 0.394. The molecule has 0 saturated heterocycles. The molecule has 1 N–H and O–H groups in total. The van der Waals surface area contributed by atoms with Gasteiger partial charge in [0.05, 0.1) is 18.3 Å². The van der Waals surface area contributed by atoms with Crippen LogP contribution in [0.2, 0.25) is 0 Å². The largest absolute Gasteiger partial charge is 0.382 e. The number of anilines is 1. The number of amides is 2. The second-order valence-corrected chi connectivity index (χ2v) is 6.10. The molecule has 0 saturated carbocycles. The molecular weight excluding hydrogens is 302 g/mol. The van der Waals surface area contributed by atoms with E-state index in [-0.39, 0.29) is 12.1 Å². The highest BCUT2D eigenvalue weighted by Gasteiger charge is 2.23. The minimum atomic E-state index is -0.231. The van der Waals surface area contributed by atoms with E-state index in [2.05, 4.69) is 22.4 Å². The van der Waals surface area contributed by atoms with Crippen molar-refractivity contribution in [1.29, 1.82) is 0 Å². The van der Waals surface area contributed by atoms with E-state index in [9.17, 15) is 4.79 Å². The Morgan fingerprint density at radius 3 is 2.88 bits per heavy atom. The molecule has 1 heterocycles. The van der Waals surface area contributed by atoms with Crippen molar-refractivity contribution in [2.45, 2.75) is 25.3 Å². The maximum Gasteiger partial charge on any atom is 0.322 e. The molecule has 0 aliphatic heterocycles. The van der Waals surface area contributed by atoms with E-state index in [1.54, 1.807) is 25.3 Å². The number of aryl methyl sites for hydroxylation is 2. The fourth-order valence-corrected chi connectivity index (χ4v) is 3.13. The average molecular weight is 325 g/mol. The van der Waals surface area contributed by atoms with Crippen LogP contribution in [0.4, 0.5) is 10.5 Å². The minimum Gasteiger partial charge on any atom is -0.382 e. The van der Waals surface area contributed by atoms with Gasteiger partial charge in [-0.25, -0.2) is 4.79 Å². The van der Waals surface area contributed by atoms with E-state index in [1.807, 2.05) is 24.3 Å². The highest BCUT2D eigenvalue weighted by Crippen LogP contribution is 2.25. The Morgan fingerprint density at radius 2 is 2.12 bits per heavy atom. The maximum atomic E-state index is 12.6. The van der Waals surface area contributed by atoms with Crippen molar-refractivity contribution in [2.75, 3.05) is 26.1 Å². The van der Waals surface area contributed by atoms with Crippen molar-refractivity contribution in [2.24, 2.45) is 0 Å². The summed E-state index contributed by atoms with van der Waals surface area (Å²) in [5.41, 5.74) is 4.39. The van der Waals surface area contributed by atoms with Crippen LogP contribution in [-0.4, -0.2) is 36.7 Å². The van der Waals surface area contributed by atoms with Gasteiger partial charge in [-0.2, -0.15) is 0 Å². The molecule has 5 heteroatoms. The normalized spacial score (nSPS) is 14.1. The number of benzene rings is 1. The van der Waals surface area contributed by atoms with Crippen LogP contribution in [0.25, 0.3) is 0 Å². The van der Waals surface area contributed by atoms with Gasteiger partial charge in [-0.15, -0.1) is 0 Å². The van der Waals surface area contributed by atoms with E-state index >= 15 is 0 Å². The molecule has 1 atom stereocenters. The number of methoxy groups -OCH3 is 1. The summed E-state index contributed by atoms with van der Waals surface area (Å²) in [7, 11) is 3.39. The number of hydrogen-bond donors (Lipinski definition) is 1. The van der Waals surface area contributed by atoms with Crippen LogP contribution in [0.15, 0.2) is 42.6 Å². The van der Waals surface area contributed by atoms with E-state index in [4.69, 9.17) is 4.74 Å². The van der Waals surface area contributed by atoms with Crippen molar-refractivity contribution < 1.29 is 9.53 Å². The first-order valence-electron chi connectivity index (χ1n) is 8.24. The summed E-state index contributed by atoms with van der Waals surface area (Å²) < 4.78 is 5.28. The Morgan fingerprint density at radius 1 is 1.29 bits per heavy atom. The summed E-state index contributed by atoms with van der Waals surface area (Å²) in [6.07, 6.45) is 5.15. The Balaban J connectivity index is 1.73. The second kappa shape index (κ2) is 7.45. The van der Waals surface area contributed by atoms with Gasteiger partial charge >= 0.3 is 6.03 Å². The first-order chi connectivity index (χ1) is 11.7. The number of aromatic nitrogens is 1. The first kappa shape index (κ1) is 16.5. The van der Waals surface area contributed by atoms with Crippen LogP contribution in [0.3, 0.4) is 0 Å². The zero-order chi connectivity index (χ0) is 16.9. The predicted octanol–water partition coefficient (Wildman–Crippen LogP) is 3.42. The summed E-state index contributed by atoms with van der Waals surface area (Å²) in [6, 6.07) is 11.5. The van der Waals surface area contributed by atoms with Gasteiger partial charge in [0.25, 0.3) is 0 Å². The third kappa shape index (κ3) is 3.57. The number of carbonyl (C=O) groups excluding carboxylic acids is 1. The molecule has 24 heavy (non-hydrogen) atoms.